The van der Waals surface area contributed by atoms with Gasteiger partial charge in [-0.2, -0.15) is 18.3 Å². The summed E-state index contributed by atoms with van der Waals surface area (Å²) in [7, 11) is 23.9. The molecule has 1 saturated carbocycles. The van der Waals surface area contributed by atoms with Gasteiger partial charge in [-0.05, 0) is 42.1 Å². The maximum Gasteiger partial charge on any atom is 0.393 e. The Labute approximate surface area is 276 Å². The number of carbonyl (C=O) groups excluding carboxylic acids is 2. The minimum atomic E-state index is -4.56. The second-order valence-electron chi connectivity index (χ2n) is 12.4. The van der Waals surface area contributed by atoms with Gasteiger partial charge < -0.3 is 25.0 Å². The van der Waals surface area contributed by atoms with Crippen molar-refractivity contribution in [3.05, 3.63) is 35.4 Å². The normalized spacial score (nSPS) is 20.2. The minimum Gasteiger partial charge on any atom is -0.477 e. The van der Waals surface area contributed by atoms with Crippen LogP contribution in [0.5, 0.6) is 5.88 Å². The molecule has 3 aromatic rings. The fourth-order valence-electron chi connectivity index (χ4n) is 5.03. The van der Waals surface area contributed by atoms with Crippen LogP contribution in [0, 0.1) is 5.41 Å². The Morgan fingerprint density at radius 2 is 1.90 bits per heavy atom. The number of alkyl halides is 5. The van der Waals surface area contributed by atoms with Crippen molar-refractivity contribution in [3.8, 4) is 5.88 Å². The number of nitrogens with zero attached hydrogens (tertiary/aromatic N) is 6. The van der Waals surface area contributed by atoms with Gasteiger partial charge in [0.05, 0.1) is 86.8 Å². The van der Waals surface area contributed by atoms with Crippen LogP contribution in [0.15, 0.2) is 23.1 Å². The third kappa shape index (κ3) is 6.46. The van der Waals surface area contributed by atoms with Gasteiger partial charge >= 0.3 is 12.2 Å². The number of fused-ring (bicyclic) bond motifs is 1. The molecule has 0 bridgehead atoms. The van der Waals surface area contributed by atoms with Crippen LogP contribution in [0.1, 0.15) is 73.4 Å². The number of nitrogens with one attached hydrogen (secondary N) is 2. The largest absolute Gasteiger partial charge is 0.477 e. The van der Waals surface area contributed by atoms with Gasteiger partial charge in [-0.25, -0.2) is 27.7 Å². The van der Waals surface area contributed by atoms with E-state index in [1.165, 1.54) is 30.1 Å². The Balaban J connectivity index is 1.51. The van der Waals surface area contributed by atoms with Gasteiger partial charge in [0.2, 0.25) is 5.69 Å². The fraction of sp³-hybridized carbons (Fsp3) is 0.615. The fourth-order valence-corrected chi connectivity index (χ4v) is 5.03. The quantitative estimate of drug-likeness (QED) is 0.218. The summed E-state index contributed by atoms with van der Waals surface area (Å²) in [4.78, 5) is 31.1. The topological polar surface area (TPSA) is 149 Å². The van der Waals surface area contributed by atoms with Crippen LogP contribution < -0.4 is 15.4 Å². The Kier molecular flexibility index (Phi) is 9.05. The van der Waals surface area contributed by atoms with Crippen LogP contribution in [0.25, 0.3) is 5.65 Å². The van der Waals surface area contributed by atoms with Crippen molar-refractivity contribution >= 4 is 49.0 Å². The molecular formula is C26H27B4F5N8O5. The van der Waals surface area contributed by atoms with Gasteiger partial charge in [0.25, 0.3) is 17.7 Å². The molecule has 8 radical (unpaired) electrons. The van der Waals surface area contributed by atoms with Crippen molar-refractivity contribution < 1.29 is 45.6 Å². The van der Waals surface area contributed by atoms with Crippen molar-refractivity contribution in [1.29, 1.82) is 0 Å². The average molecular weight is 670 g/mol. The molecule has 2 N–H and O–H groups in total. The number of ether oxygens (including phenoxy) is 2. The highest BCUT2D eigenvalue weighted by Gasteiger charge is 2.64. The van der Waals surface area contributed by atoms with Crippen molar-refractivity contribution in [3.63, 3.8) is 0 Å². The standard InChI is InChI=1S/C26H27B4F5N8O5/c1-22(2,26(33,34)35)7-6-14(38-19(44)18-20(46-3)41-48-40-18)15-10-42-17(37-15)8-12(9-36-42)16(11-47-13-4-5-13)43-21(45)39-24(27,28)23(31,32)25(43,29)30/h8-10,13-14,16H,4-7,11H2,1-3H3,(H,38,44)(H,39,45)/t14-,16+/m0/s1. The van der Waals surface area contributed by atoms with Crippen LogP contribution in [0.4, 0.5) is 26.7 Å². The van der Waals surface area contributed by atoms with E-state index in [0.29, 0.717) is 17.7 Å². The van der Waals surface area contributed by atoms with E-state index in [9.17, 15) is 22.8 Å². The second kappa shape index (κ2) is 12.2. The number of hydrogen-bond donors (Lipinski definition) is 2. The van der Waals surface area contributed by atoms with E-state index in [-0.39, 0.29) is 47.6 Å². The number of hydrogen-bond acceptors (Lipinski definition) is 9. The van der Waals surface area contributed by atoms with Gasteiger partial charge in [-0.15, -0.1) is 0 Å². The number of methoxy groups -OCH3 is 1. The van der Waals surface area contributed by atoms with Crippen LogP contribution >= 0.6 is 0 Å². The van der Waals surface area contributed by atoms with Gasteiger partial charge in [-0.1, -0.05) is 13.8 Å². The first-order valence-electron chi connectivity index (χ1n) is 14.6. The third-order valence-electron chi connectivity index (χ3n) is 8.38. The molecule has 1 aliphatic heterocycles. The Bertz CT molecular complexity index is 1680. The second-order valence-corrected chi connectivity index (χ2v) is 12.4. The lowest BCUT2D eigenvalue weighted by Crippen LogP contribution is -2.83. The summed E-state index contributed by atoms with van der Waals surface area (Å²) >= 11 is 0. The average Bonchev–Trinajstić information content (AvgIpc) is 3.51. The van der Waals surface area contributed by atoms with Crippen LogP contribution in [0.2, 0.25) is 0 Å². The van der Waals surface area contributed by atoms with E-state index in [2.05, 4.69) is 30.3 Å². The molecule has 0 spiro atoms. The highest BCUT2D eigenvalue weighted by Crippen LogP contribution is 2.45. The van der Waals surface area contributed by atoms with E-state index in [1.807, 2.05) is 5.32 Å². The number of aromatic nitrogens is 5. The van der Waals surface area contributed by atoms with Crippen LogP contribution in [0.3, 0.4) is 0 Å². The van der Waals surface area contributed by atoms with Crippen LogP contribution in [-0.4, -0.2) is 116 Å². The number of rotatable bonds is 12. The smallest absolute Gasteiger partial charge is 0.393 e. The zero-order chi connectivity index (χ0) is 35.4. The summed E-state index contributed by atoms with van der Waals surface area (Å²) in [6.07, 6.45) is -1.43. The molecule has 0 unspecified atom stereocenters. The first kappa shape index (κ1) is 35.5. The molecule has 13 nitrogen and oxygen atoms in total. The van der Waals surface area contributed by atoms with Gasteiger partial charge in [0.15, 0.2) is 5.65 Å². The predicted molar refractivity (Wildman–Crippen MR) is 159 cm³/mol. The van der Waals surface area contributed by atoms with Crippen molar-refractivity contribution in [2.45, 2.75) is 80.5 Å². The molecular weight excluding hydrogens is 643 g/mol. The number of halogens is 5. The van der Waals surface area contributed by atoms with Crippen molar-refractivity contribution in [2.75, 3.05) is 13.7 Å². The Morgan fingerprint density at radius 3 is 2.52 bits per heavy atom. The lowest BCUT2D eigenvalue weighted by molar-refractivity contribution is -0.214. The van der Waals surface area contributed by atoms with Crippen molar-refractivity contribution in [1.82, 2.24) is 40.4 Å². The number of amides is 3. The molecule has 1 saturated heterocycles. The molecule has 0 aromatic carbocycles. The van der Waals surface area contributed by atoms with Crippen molar-refractivity contribution in [2.24, 2.45) is 5.41 Å². The maximum atomic E-state index is 15.3. The summed E-state index contributed by atoms with van der Waals surface area (Å²) in [5.74, 6) is -5.39. The number of urea groups is 1. The molecule has 248 valence electrons. The zero-order valence-corrected chi connectivity index (χ0v) is 25.9. The maximum absolute atomic E-state index is 15.3. The van der Waals surface area contributed by atoms with Gasteiger partial charge in [0.1, 0.15) is 0 Å². The molecule has 22 heteroatoms. The number of carbonyl (C=O) groups is 2. The minimum absolute atomic E-state index is 0.0600. The van der Waals surface area contributed by atoms with E-state index in [4.69, 9.17) is 40.9 Å². The van der Waals surface area contributed by atoms with E-state index in [0.717, 1.165) is 13.8 Å². The molecule has 1 aliphatic carbocycles. The summed E-state index contributed by atoms with van der Waals surface area (Å²) in [6.45, 7) is 1.70. The molecule has 4 heterocycles. The Morgan fingerprint density at radius 1 is 1.21 bits per heavy atom. The third-order valence-corrected chi connectivity index (χ3v) is 8.38. The summed E-state index contributed by atoms with van der Waals surface area (Å²) in [5, 5.41) is 9.31. The SMILES string of the molecule is [B]C1([B])NC(=O)N([C@H](COC2CC2)c2cnn3cc([C@H](CCC(C)(C)C(F)(F)F)NC(=O)c4nonc4OC)nc3c2)C([B])([B])C1(F)F. The summed E-state index contributed by atoms with van der Waals surface area (Å²) in [6, 6.07) is -2.34. The lowest BCUT2D eigenvalue weighted by Gasteiger charge is -2.58. The molecule has 3 amide bonds. The van der Waals surface area contributed by atoms with E-state index in [1.54, 1.807) is 0 Å². The molecule has 2 aliphatic rings. The summed E-state index contributed by atoms with van der Waals surface area (Å²) < 4.78 is 88.3. The first-order valence-corrected chi connectivity index (χ1v) is 14.6. The lowest BCUT2D eigenvalue weighted by atomic mass is 9.43. The van der Waals surface area contributed by atoms with E-state index >= 15 is 8.78 Å². The predicted octanol–water partition coefficient (Wildman–Crippen LogP) is 1.82. The Hall–Kier alpha value is -3.83. The van der Waals surface area contributed by atoms with Crippen LogP contribution in [-0.2, 0) is 4.74 Å². The van der Waals surface area contributed by atoms with Gasteiger partial charge in [0, 0.05) is 16.2 Å². The monoisotopic (exact) mass is 670 g/mol. The summed E-state index contributed by atoms with van der Waals surface area (Å²) in [5.41, 5.74) is -2.25. The molecule has 2 fully saturated rings. The van der Waals surface area contributed by atoms with E-state index < -0.39 is 58.6 Å². The zero-order valence-electron chi connectivity index (χ0n) is 25.9. The van der Waals surface area contributed by atoms with Gasteiger partial charge in [-0.3, -0.25) is 4.79 Å². The first-order chi connectivity index (χ1) is 22.2. The molecule has 2 atom stereocenters. The number of imidazole rings is 1. The molecule has 48 heavy (non-hydrogen) atoms. The highest BCUT2D eigenvalue weighted by molar-refractivity contribution is 6.48. The molecule has 3 aromatic heterocycles. The molecule has 5 rings (SSSR count). The highest BCUT2D eigenvalue weighted by atomic mass is 19.4.